The number of ketones is 1. The highest BCUT2D eigenvalue weighted by atomic mass is 16.6. The number of carbonyl (C=O) groups excluding carboxylic acids is 2. The zero-order chi connectivity index (χ0) is 25.4. The number of likely N-dealkylation sites (tertiary alicyclic amines) is 1. The molecule has 186 valence electrons. The number of nitro groups is 1. The normalized spacial score (nSPS) is 20.4. The van der Waals surface area contributed by atoms with E-state index in [9.17, 15) is 24.8 Å². The van der Waals surface area contributed by atoms with E-state index in [1.807, 2.05) is 0 Å². The number of non-ortho nitro benzene ring substituents is 1. The van der Waals surface area contributed by atoms with Gasteiger partial charge in [-0.3, -0.25) is 29.0 Å². The number of benzene rings is 1. The number of rotatable bonds is 6. The molecule has 1 N–H and O–H groups in total. The zero-order valence-corrected chi connectivity index (χ0v) is 19.7. The number of Topliss-reactive ketones (excluding diaryl/α,β-unsaturated/α-hetero) is 1. The molecule has 0 radical (unpaired) electrons. The van der Waals surface area contributed by atoms with Gasteiger partial charge in [0.25, 0.3) is 17.4 Å². The number of amides is 1. The van der Waals surface area contributed by atoms with Gasteiger partial charge in [0.05, 0.1) is 35.4 Å². The molecule has 2 saturated heterocycles. The predicted molar refractivity (Wildman–Crippen MR) is 129 cm³/mol. The third kappa shape index (κ3) is 4.12. The Morgan fingerprint density at radius 3 is 2.69 bits per heavy atom. The Bertz CT molecular complexity index is 1390. The summed E-state index contributed by atoms with van der Waals surface area (Å²) in [4.78, 5) is 45.5. The lowest BCUT2D eigenvalue weighted by Gasteiger charge is -2.31. The molecule has 0 bridgehead atoms. The van der Waals surface area contributed by atoms with Crippen molar-refractivity contribution in [3.05, 3.63) is 81.3 Å². The Morgan fingerprint density at radius 2 is 1.94 bits per heavy atom. The number of morpholine rings is 1. The summed E-state index contributed by atoms with van der Waals surface area (Å²) in [5, 5.41) is 22.9. The van der Waals surface area contributed by atoms with E-state index in [1.54, 1.807) is 41.8 Å². The van der Waals surface area contributed by atoms with E-state index in [0.29, 0.717) is 55.4 Å². The van der Waals surface area contributed by atoms with Crippen LogP contribution in [0.4, 0.5) is 5.69 Å². The highest BCUT2D eigenvalue weighted by Gasteiger charge is 2.46. The Kier molecular flexibility index (Phi) is 6.25. The number of imidazole rings is 1. The maximum absolute atomic E-state index is 13.3. The van der Waals surface area contributed by atoms with E-state index < -0.39 is 22.7 Å². The van der Waals surface area contributed by atoms with Gasteiger partial charge in [0, 0.05) is 44.5 Å². The number of nitrogens with zero attached hydrogens (tertiary/aromatic N) is 5. The van der Waals surface area contributed by atoms with E-state index in [4.69, 9.17) is 4.74 Å². The highest BCUT2D eigenvalue weighted by molar-refractivity contribution is 6.46. The van der Waals surface area contributed by atoms with Crippen molar-refractivity contribution in [3.63, 3.8) is 0 Å². The molecule has 2 aromatic heterocycles. The number of aliphatic hydroxyl groups excluding tert-OH is 1. The first-order valence-electron chi connectivity index (χ1n) is 11.6. The number of nitro benzene ring substituents is 1. The van der Waals surface area contributed by atoms with E-state index in [2.05, 4.69) is 9.88 Å². The summed E-state index contributed by atoms with van der Waals surface area (Å²) in [6.07, 6.45) is 1.71. The lowest BCUT2D eigenvalue weighted by molar-refractivity contribution is -0.384. The molecule has 36 heavy (non-hydrogen) atoms. The first-order valence-corrected chi connectivity index (χ1v) is 11.6. The number of pyridine rings is 1. The summed E-state index contributed by atoms with van der Waals surface area (Å²) >= 11 is 0. The standard InChI is InChI=1S/C25H25N5O6/c1-16-21(28-8-3-2-7-19(28)26-16)23(31)20-22(17-5-4-6-18(15-17)30(34)35)29(25(33)24(20)32)10-9-27-11-13-36-14-12-27/h2-8,15,22,31H,9-14H2,1H3. The minimum absolute atomic E-state index is 0.115. The van der Waals surface area contributed by atoms with Crippen LogP contribution in [0.2, 0.25) is 0 Å². The van der Waals surface area contributed by atoms with Crippen molar-refractivity contribution in [1.82, 2.24) is 19.2 Å². The van der Waals surface area contributed by atoms with Crippen molar-refractivity contribution in [2.24, 2.45) is 0 Å². The van der Waals surface area contributed by atoms with E-state index in [-0.39, 0.29) is 23.6 Å². The van der Waals surface area contributed by atoms with Crippen LogP contribution in [-0.2, 0) is 14.3 Å². The third-order valence-corrected chi connectivity index (χ3v) is 6.63. The smallest absolute Gasteiger partial charge is 0.295 e. The van der Waals surface area contributed by atoms with Gasteiger partial charge in [-0.15, -0.1) is 0 Å². The molecular formula is C25H25N5O6. The van der Waals surface area contributed by atoms with Gasteiger partial charge >= 0.3 is 0 Å². The first kappa shape index (κ1) is 23.6. The van der Waals surface area contributed by atoms with Crippen molar-refractivity contribution >= 4 is 28.8 Å². The van der Waals surface area contributed by atoms with Crippen molar-refractivity contribution in [2.75, 3.05) is 39.4 Å². The summed E-state index contributed by atoms with van der Waals surface area (Å²) in [5.41, 5.74) is 1.44. The lowest BCUT2D eigenvalue weighted by atomic mass is 9.96. The fourth-order valence-electron chi connectivity index (χ4n) is 4.87. The number of aliphatic hydroxyl groups is 1. The molecule has 0 aliphatic carbocycles. The SMILES string of the molecule is Cc1nc2ccccn2c1C(O)=C1C(=O)C(=O)N(CCN2CCOCC2)C1c1cccc([N+](=O)[O-])c1. The first-order chi connectivity index (χ1) is 17.4. The van der Waals surface area contributed by atoms with Gasteiger partial charge in [-0.25, -0.2) is 4.98 Å². The molecule has 3 aromatic rings. The van der Waals surface area contributed by atoms with Crippen LogP contribution in [0.1, 0.15) is 23.0 Å². The van der Waals surface area contributed by atoms with Crippen LogP contribution in [0.25, 0.3) is 11.4 Å². The summed E-state index contributed by atoms with van der Waals surface area (Å²) < 4.78 is 7.03. The number of ether oxygens (including phenoxy) is 1. The lowest BCUT2D eigenvalue weighted by Crippen LogP contribution is -2.42. The van der Waals surface area contributed by atoms with Gasteiger partial charge in [0.15, 0.2) is 5.76 Å². The second-order valence-electron chi connectivity index (χ2n) is 8.77. The Balaban J connectivity index is 1.63. The molecule has 2 aliphatic heterocycles. The number of carbonyl (C=O) groups is 2. The quantitative estimate of drug-likeness (QED) is 0.183. The maximum Gasteiger partial charge on any atom is 0.295 e. The van der Waals surface area contributed by atoms with E-state index in [0.717, 1.165) is 0 Å². The number of aromatic nitrogens is 2. The topological polar surface area (TPSA) is 131 Å². The van der Waals surface area contributed by atoms with Crippen molar-refractivity contribution < 1.29 is 24.4 Å². The highest BCUT2D eigenvalue weighted by Crippen LogP contribution is 2.40. The molecule has 1 aromatic carbocycles. The molecule has 11 heteroatoms. The minimum Gasteiger partial charge on any atom is -0.505 e. The van der Waals surface area contributed by atoms with Crippen molar-refractivity contribution in [2.45, 2.75) is 13.0 Å². The molecule has 1 atom stereocenters. The molecule has 2 fully saturated rings. The predicted octanol–water partition coefficient (Wildman–Crippen LogP) is 2.30. The zero-order valence-electron chi connectivity index (χ0n) is 19.7. The summed E-state index contributed by atoms with van der Waals surface area (Å²) in [6, 6.07) is 10.2. The van der Waals surface area contributed by atoms with Crippen molar-refractivity contribution in [1.29, 1.82) is 0 Å². The second kappa shape index (κ2) is 9.51. The van der Waals surface area contributed by atoms with Crippen molar-refractivity contribution in [3.8, 4) is 0 Å². The van der Waals surface area contributed by atoms with Crippen LogP contribution < -0.4 is 0 Å². The van der Waals surface area contributed by atoms with Gasteiger partial charge in [-0.2, -0.15) is 0 Å². The Labute approximate surface area is 206 Å². The fraction of sp³-hybridized carbons (Fsp3) is 0.320. The molecule has 1 unspecified atom stereocenters. The van der Waals surface area contributed by atoms with Crippen LogP contribution in [0.15, 0.2) is 54.2 Å². The molecule has 11 nitrogen and oxygen atoms in total. The Morgan fingerprint density at radius 1 is 1.17 bits per heavy atom. The Hall–Kier alpha value is -4.09. The summed E-state index contributed by atoms with van der Waals surface area (Å²) in [5.74, 6) is -1.96. The molecular weight excluding hydrogens is 466 g/mol. The molecule has 0 saturated carbocycles. The van der Waals surface area contributed by atoms with Gasteiger partial charge in [0.1, 0.15) is 11.3 Å². The van der Waals surface area contributed by atoms with Crippen LogP contribution in [0.5, 0.6) is 0 Å². The monoisotopic (exact) mass is 491 g/mol. The molecule has 5 rings (SSSR count). The number of aryl methyl sites for hydroxylation is 1. The van der Waals surface area contributed by atoms with E-state index in [1.165, 1.54) is 23.1 Å². The molecule has 0 spiro atoms. The summed E-state index contributed by atoms with van der Waals surface area (Å²) in [7, 11) is 0. The maximum atomic E-state index is 13.3. The number of hydrogen-bond donors (Lipinski definition) is 1. The second-order valence-corrected chi connectivity index (χ2v) is 8.77. The van der Waals surface area contributed by atoms with Crippen LogP contribution >= 0.6 is 0 Å². The van der Waals surface area contributed by atoms with Gasteiger partial charge in [-0.05, 0) is 24.6 Å². The number of fused-ring (bicyclic) bond motifs is 1. The molecule has 2 aliphatic rings. The van der Waals surface area contributed by atoms with Crippen LogP contribution in [0.3, 0.4) is 0 Å². The summed E-state index contributed by atoms with van der Waals surface area (Å²) in [6.45, 7) is 4.98. The largest absolute Gasteiger partial charge is 0.505 e. The van der Waals surface area contributed by atoms with Crippen LogP contribution in [0, 0.1) is 17.0 Å². The van der Waals surface area contributed by atoms with Gasteiger partial charge in [0.2, 0.25) is 0 Å². The van der Waals surface area contributed by atoms with Gasteiger partial charge in [-0.1, -0.05) is 18.2 Å². The third-order valence-electron chi connectivity index (χ3n) is 6.63. The average Bonchev–Trinajstić information content (AvgIpc) is 3.35. The fourth-order valence-corrected chi connectivity index (χ4v) is 4.87. The molecule has 1 amide bonds. The molecule has 4 heterocycles. The average molecular weight is 492 g/mol. The van der Waals surface area contributed by atoms with Crippen LogP contribution in [-0.4, -0.2) is 80.3 Å². The minimum atomic E-state index is -0.986. The van der Waals surface area contributed by atoms with Gasteiger partial charge < -0.3 is 14.7 Å². The number of hydrogen-bond acceptors (Lipinski definition) is 8. The van der Waals surface area contributed by atoms with E-state index >= 15 is 0 Å².